The van der Waals surface area contributed by atoms with Crippen LogP contribution in [0.5, 0.6) is 5.75 Å². The largest absolute Gasteiger partial charge is 0.492 e. The zero-order chi connectivity index (χ0) is 14.5. The van der Waals surface area contributed by atoms with Gasteiger partial charge in [0.2, 0.25) is 0 Å². The number of amides is 1. The number of anilines is 2. The molecule has 0 fully saturated rings. The number of nitrogens with one attached hydrogen (secondary N) is 1. The molecule has 20 heavy (non-hydrogen) atoms. The number of para-hydroxylation sites is 2. The fourth-order valence-electron chi connectivity index (χ4n) is 1.73. The number of nitrogens with two attached hydrogens (primary N) is 1. The van der Waals surface area contributed by atoms with Crippen LogP contribution in [0.1, 0.15) is 17.3 Å². The second kappa shape index (κ2) is 6.43. The topological polar surface area (TPSA) is 64.3 Å². The van der Waals surface area contributed by atoms with Crippen LogP contribution < -0.4 is 15.8 Å². The van der Waals surface area contributed by atoms with Crippen molar-refractivity contribution in [3.63, 3.8) is 0 Å². The van der Waals surface area contributed by atoms with Gasteiger partial charge in [0.15, 0.2) is 0 Å². The Labute approximate surface area is 126 Å². The molecule has 2 rings (SSSR count). The number of nitrogen functional groups attached to an aromatic ring is 1. The molecule has 3 N–H and O–H groups in total. The van der Waals surface area contributed by atoms with Gasteiger partial charge in [-0.1, -0.05) is 12.1 Å². The predicted molar refractivity (Wildman–Crippen MR) is 84.1 cm³/mol. The first-order chi connectivity index (χ1) is 9.61. The van der Waals surface area contributed by atoms with Crippen LogP contribution >= 0.6 is 15.9 Å². The van der Waals surface area contributed by atoms with Gasteiger partial charge in [0.25, 0.3) is 5.91 Å². The summed E-state index contributed by atoms with van der Waals surface area (Å²) in [5.41, 5.74) is 7.44. The molecule has 2 aromatic carbocycles. The molecule has 0 saturated carbocycles. The summed E-state index contributed by atoms with van der Waals surface area (Å²) in [5.74, 6) is 0.421. The Morgan fingerprint density at radius 2 is 2.05 bits per heavy atom. The van der Waals surface area contributed by atoms with E-state index in [0.717, 1.165) is 4.47 Å². The highest BCUT2D eigenvalue weighted by Gasteiger charge is 2.10. The Balaban J connectivity index is 2.21. The Bertz CT molecular complexity index is 629. The van der Waals surface area contributed by atoms with Crippen LogP contribution in [0.2, 0.25) is 0 Å². The smallest absolute Gasteiger partial charge is 0.255 e. The lowest BCUT2D eigenvalue weighted by Gasteiger charge is -2.11. The van der Waals surface area contributed by atoms with Gasteiger partial charge in [0, 0.05) is 15.7 Å². The van der Waals surface area contributed by atoms with Crippen molar-refractivity contribution < 1.29 is 9.53 Å². The highest BCUT2D eigenvalue weighted by Crippen LogP contribution is 2.25. The number of benzene rings is 2. The Morgan fingerprint density at radius 1 is 1.30 bits per heavy atom. The molecule has 0 saturated heterocycles. The number of hydrogen-bond donors (Lipinski definition) is 2. The third-order valence-electron chi connectivity index (χ3n) is 2.69. The van der Waals surface area contributed by atoms with Gasteiger partial charge < -0.3 is 15.8 Å². The molecule has 0 aliphatic rings. The molecule has 1 amide bonds. The van der Waals surface area contributed by atoms with Gasteiger partial charge in [-0.15, -0.1) is 0 Å². The SMILES string of the molecule is CCOc1ccccc1NC(=O)c1ccc(Br)c(N)c1. The summed E-state index contributed by atoms with van der Waals surface area (Å²) in [7, 11) is 0. The lowest BCUT2D eigenvalue weighted by molar-refractivity contribution is 0.102. The average molecular weight is 335 g/mol. The van der Waals surface area contributed by atoms with Crippen molar-refractivity contribution in [2.24, 2.45) is 0 Å². The van der Waals surface area contributed by atoms with Crippen molar-refractivity contribution in [2.75, 3.05) is 17.7 Å². The first-order valence-corrected chi connectivity index (χ1v) is 6.99. The maximum atomic E-state index is 12.2. The summed E-state index contributed by atoms with van der Waals surface area (Å²) < 4.78 is 6.24. The quantitative estimate of drug-likeness (QED) is 0.838. The molecular formula is C15H15BrN2O2. The minimum atomic E-state index is -0.226. The van der Waals surface area contributed by atoms with Gasteiger partial charge in [-0.2, -0.15) is 0 Å². The summed E-state index contributed by atoms with van der Waals surface area (Å²) in [6.45, 7) is 2.44. The number of rotatable bonds is 4. The van der Waals surface area contributed by atoms with E-state index < -0.39 is 0 Å². The van der Waals surface area contributed by atoms with E-state index >= 15 is 0 Å². The van der Waals surface area contributed by atoms with Gasteiger partial charge >= 0.3 is 0 Å². The molecule has 0 atom stereocenters. The van der Waals surface area contributed by atoms with Gasteiger partial charge in [0.05, 0.1) is 12.3 Å². The summed E-state index contributed by atoms with van der Waals surface area (Å²) >= 11 is 3.30. The van der Waals surface area contributed by atoms with Crippen LogP contribution in [0, 0.1) is 0 Å². The Morgan fingerprint density at radius 3 is 2.75 bits per heavy atom. The number of hydrogen-bond acceptors (Lipinski definition) is 3. The van der Waals surface area contributed by atoms with E-state index in [4.69, 9.17) is 10.5 Å². The van der Waals surface area contributed by atoms with Crippen LogP contribution in [-0.4, -0.2) is 12.5 Å². The molecule has 0 spiro atoms. The predicted octanol–water partition coefficient (Wildman–Crippen LogP) is 3.68. The molecule has 5 heteroatoms. The van der Waals surface area contributed by atoms with Crippen molar-refractivity contribution >= 4 is 33.2 Å². The summed E-state index contributed by atoms with van der Waals surface area (Å²) in [5, 5.41) is 2.82. The normalized spacial score (nSPS) is 10.1. The van der Waals surface area contributed by atoms with Gasteiger partial charge in [0.1, 0.15) is 5.75 Å². The lowest BCUT2D eigenvalue weighted by atomic mass is 10.2. The summed E-state index contributed by atoms with van der Waals surface area (Å²) in [6, 6.07) is 12.4. The van der Waals surface area contributed by atoms with E-state index in [2.05, 4.69) is 21.2 Å². The second-order valence-corrected chi connectivity index (χ2v) is 4.97. The van der Waals surface area contributed by atoms with Crippen LogP contribution in [0.3, 0.4) is 0 Å². The Hall–Kier alpha value is -2.01. The van der Waals surface area contributed by atoms with E-state index in [1.165, 1.54) is 0 Å². The van der Waals surface area contributed by atoms with Crippen molar-refractivity contribution in [3.05, 3.63) is 52.5 Å². The first kappa shape index (κ1) is 14.4. The van der Waals surface area contributed by atoms with E-state index in [-0.39, 0.29) is 5.91 Å². The molecule has 0 unspecified atom stereocenters. The van der Waals surface area contributed by atoms with Crippen molar-refractivity contribution in [1.82, 2.24) is 0 Å². The molecule has 4 nitrogen and oxygen atoms in total. The summed E-state index contributed by atoms with van der Waals surface area (Å²) in [6.07, 6.45) is 0. The van der Waals surface area contributed by atoms with Gasteiger partial charge in [-0.05, 0) is 53.2 Å². The van der Waals surface area contributed by atoms with Gasteiger partial charge in [-0.3, -0.25) is 4.79 Å². The number of ether oxygens (including phenoxy) is 1. The van der Waals surface area contributed by atoms with Gasteiger partial charge in [-0.25, -0.2) is 0 Å². The van der Waals surface area contributed by atoms with Crippen LogP contribution in [0.15, 0.2) is 46.9 Å². The molecule has 0 heterocycles. The van der Waals surface area contributed by atoms with Crippen LogP contribution in [-0.2, 0) is 0 Å². The molecule has 0 aliphatic carbocycles. The molecule has 0 radical (unpaired) electrons. The fraction of sp³-hybridized carbons (Fsp3) is 0.133. The zero-order valence-corrected chi connectivity index (χ0v) is 12.6. The maximum absolute atomic E-state index is 12.2. The molecule has 0 bridgehead atoms. The van der Waals surface area contributed by atoms with E-state index in [0.29, 0.717) is 29.3 Å². The van der Waals surface area contributed by atoms with Crippen molar-refractivity contribution in [1.29, 1.82) is 0 Å². The minimum absolute atomic E-state index is 0.226. The molecular weight excluding hydrogens is 320 g/mol. The monoisotopic (exact) mass is 334 g/mol. The number of carbonyl (C=O) groups is 1. The van der Waals surface area contributed by atoms with Crippen LogP contribution in [0.4, 0.5) is 11.4 Å². The third-order valence-corrected chi connectivity index (χ3v) is 3.42. The molecule has 2 aromatic rings. The highest BCUT2D eigenvalue weighted by molar-refractivity contribution is 9.10. The van der Waals surface area contributed by atoms with E-state index in [1.54, 1.807) is 24.3 Å². The minimum Gasteiger partial charge on any atom is -0.492 e. The molecule has 0 aromatic heterocycles. The fourth-order valence-corrected chi connectivity index (χ4v) is 1.98. The number of halogens is 1. The molecule has 0 aliphatic heterocycles. The standard InChI is InChI=1S/C15H15BrN2O2/c1-2-20-14-6-4-3-5-13(14)18-15(19)10-7-8-11(16)12(17)9-10/h3-9H,2,17H2,1H3,(H,18,19). The zero-order valence-electron chi connectivity index (χ0n) is 11.0. The first-order valence-electron chi connectivity index (χ1n) is 6.20. The third kappa shape index (κ3) is 3.30. The van der Waals surface area contributed by atoms with E-state index in [1.807, 2.05) is 25.1 Å². The number of carbonyl (C=O) groups excluding carboxylic acids is 1. The average Bonchev–Trinajstić information content (AvgIpc) is 2.44. The van der Waals surface area contributed by atoms with Crippen molar-refractivity contribution in [3.8, 4) is 5.75 Å². The second-order valence-electron chi connectivity index (χ2n) is 4.12. The highest BCUT2D eigenvalue weighted by atomic mass is 79.9. The lowest BCUT2D eigenvalue weighted by Crippen LogP contribution is -2.13. The Kier molecular flexibility index (Phi) is 4.63. The maximum Gasteiger partial charge on any atom is 0.255 e. The van der Waals surface area contributed by atoms with Crippen LogP contribution in [0.25, 0.3) is 0 Å². The summed E-state index contributed by atoms with van der Waals surface area (Å²) in [4.78, 5) is 12.2. The molecule has 104 valence electrons. The van der Waals surface area contributed by atoms with E-state index in [9.17, 15) is 4.79 Å². The van der Waals surface area contributed by atoms with Crippen molar-refractivity contribution in [2.45, 2.75) is 6.92 Å².